The fourth-order valence-electron chi connectivity index (χ4n) is 4.44. The predicted molar refractivity (Wildman–Crippen MR) is 119 cm³/mol. The highest BCUT2D eigenvalue weighted by molar-refractivity contribution is 6.33. The number of nitrogens with zero attached hydrogens (tertiary/aromatic N) is 3. The molecule has 186 valence electrons. The number of urea groups is 1. The van der Waals surface area contributed by atoms with E-state index in [1.54, 1.807) is 0 Å². The molecule has 4 rings (SSSR count). The lowest BCUT2D eigenvalue weighted by molar-refractivity contribution is -0.274. The molecule has 2 aliphatic heterocycles. The van der Waals surface area contributed by atoms with Gasteiger partial charge in [-0.05, 0) is 29.8 Å². The molecule has 0 bridgehead atoms. The minimum Gasteiger partial charge on any atom is -0.406 e. The van der Waals surface area contributed by atoms with E-state index in [-0.39, 0.29) is 41.9 Å². The highest BCUT2D eigenvalue weighted by Crippen LogP contribution is 2.43. The van der Waals surface area contributed by atoms with Gasteiger partial charge in [0, 0.05) is 25.4 Å². The molecule has 2 atom stereocenters. The lowest BCUT2D eigenvalue weighted by Crippen LogP contribution is -2.47. The van der Waals surface area contributed by atoms with Crippen molar-refractivity contribution in [3.05, 3.63) is 52.3 Å². The molecule has 35 heavy (non-hydrogen) atoms. The number of hydrogen-bond acceptors (Lipinski definition) is 6. The standard InChI is InChI=1S/C21H18Cl2F3N5O4/c22-15-5-13(6-16(23)29-15)31-18(33)20(7-11-1-3-14(4-2-11)35-21(24,25)26)8-12(28-17(32)9-27)10-30(20)19(31)34/h1-6,12H,7-10,27H2,(H,28,32)/t12-,20+/m0/s1. The molecule has 2 aliphatic rings. The van der Waals surface area contributed by atoms with Crippen molar-refractivity contribution >= 4 is 46.7 Å². The quantitative estimate of drug-likeness (QED) is 0.437. The number of halogens is 5. The number of anilines is 1. The van der Waals surface area contributed by atoms with Crippen molar-refractivity contribution in [2.24, 2.45) is 5.73 Å². The predicted octanol–water partition coefficient (Wildman–Crippen LogP) is 2.88. The second kappa shape index (κ2) is 9.17. The molecule has 3 heterocycles. The molecular formula is C21H18Cl2F3N5O4. The van der Waals surface area contributed by atoms with Crippen LogP contribution < -0.4 is 20.7 Å². The minimum absolute atomic E-state index is 0.0224. The van der Waals surface area contributed by atoms with E-state index in [1.807, 2.05) is 0 Å². The van der Waals surface area contributed by atoms with E-state index in [0.717, 1.165) is 17.0 Å². The molecular weight excluding hydrogens is 514 g/mol. The van der Waals surface area contributed by atoms with Gasteiger partial charge in [-0.15, -0.1) is 13.2 Å². The zero-order valence-corrected chi connectivity index (χ0v) is 19.3. The molecule has 2 saturated heterocycles. The van der Waals surface area contributed by atoms with Gasteiger partial charge in [-0.2, -0.15) is 0 Å². The molecule has 4 amide bonds. The molecule has 1 aromatic heterocycles. The third kappa shape index (κ3) is 5.00. The molecule has 2 aromatic rings. The number of imide groups is 1. The Balaban J connectivity index is 1.68. The average Bonchev–Trinajstić information content (AvgIpc) is 3.20. The molecule has 0 spiro atoms. The van der Waals surface area contributed by atoms with Gasteiger partial charge in [0.2, 0.25) is 5.91 Å². The zero-order chi connectivity index (χ0) is 25.5. The fourth-order valence-corrected chi connectivity index (χ4v) is 4.89. The van der Waals surface area contributed by atoms with E-state index in [0.29, 0.717) is 5.56 Å². The monoisotopic (exact) mass is 531 g/mol. The first-order valence-corrected chi connectivity index (χ1v) is 11.0. The summed E-state index contributed by atoms with van der Waals surface area (Å²) in [4.78, 5) is 45.0. The van der Waals surface area contributed by atoms with Gasteiger partial charge in [0.15, 0.2) is 0 Å². The SMILES string of the molecule is NCC(=O)N[C@@H]1CN2C(=O)N(c3cc(Cl)nc(Cl)c3)C(=O)[C@@]2(Cc2ccc(OC(F)(F)F)cc2)C1. The number of carbonyl (C=O) groups is 3. The maximum atomic E-state index is 13.7. The number of alkyl halides is 3. The number of carbonyl (C=O) groups excluding carboxylic acids is 3. The Labute approximate surface area is 206 Å². The summed E-state index contributed by atoms with van der Waals surface area (Å²) < 4.78 is 41.4. The van der Waals surface area contributed by atoms with Gasteiger partial charge in [-0.25, -0.2) is 14.7 Å². The summed E-state index contributed by atoms with van der Waals surface area (Å²) in [5.41, 5.74) is 4.55. The molecule has 0 aliphatic carbocycles. The summed E-state index contributed by atoms with van der Waals surface area (Å²) in [6, 6.07) is 6.41. The van der Waals surface area contributed by atoms with Crippen LogP contribution in [0.1, 0.15) is 12.0 Å². The van der Waals surface area contributed by atoms with Crippen LogP contribution in [0.2, 0.25) is 10.3 Å². The van der Waals surface area contributed by atoms with E-state index in [4.69, 9.17) is 28.9 Å². The number of aromatic nitrogens is 1. The molecule has 14 heteroatoms. The van der Waals surface area contributed by atoms with Gasteiger partial charge >= 0.3 is 12.4 Å². The number of nitrogens with two attached hydrogens (primary N) is 1. The van der Waals surface area contributed by atoms with Crippen LogP contribution >= 0.6 is 23.2 Å². The van der Waals surface area contributed by atoms with Crippen molar-refractivity contribution in [3.63, 3.8) is 0 Å². The van der Waals surface area contributed by atoms with Gasteiger partial charge in [0.25, 0.3) is 5.91 Å². The summed E-state index contributed by atoms with van der Waals surface area (Å²) in [5.74, 6) is -1.47. The normalized spacial score (nSPS) is 21.9. The van der Waals surface area contributed by atoms with Gasteiger partial charge in [0.05, 0.1) is 12.2 Å². The Morgan fingerprint density at radius 2 is 1.83 bits per heavy atom. The minimum atomic E-state index is -4.85. The van der Waals surface area contributed by atoms with Crippen LogP contribution in [0.3, 0.4) is 0 Å². The van der Waals surface area contributed by atoms with Crippen LogP contribution in [0.5, 0.6) is 5.75 Å². The summed E-state index contributed by atoms with van der Waals surface area (Å²) in [6.45, 7) is -0.249. The molecule has 3 N–H and O–H groups in total. The van der Waals surface area contributed by atoms with Crippen molar-refractivity contribution in [1.82, 2.24) is 15.2 Å². The topological polar surface area (TPSA) is 118 Å². The van der Waals surface area contributed by atoms with E-state index < -0.39 is 41.5 Å². The number of hydrogen-bond donors (Lipinski definition) is 2. The van der Waals surface area contributed by atoms with E-state index in [2.05, 4.69) is 15.0 Å². The number of nitrogens with one attached hydrogen (secondary N) is 1. The molecule has 0 radical (unpaired) electrons. The van der Waals surface area contributed by atoms with E-state index >= 15 is 0 Å². The average molecular weight is 532 g/mol. The fraction of sp³-hybridized carbons (Fsp3) is 0.333. The number of benzene rings is 1. The Morgan fingerprint density at radius 3 is 2.40 bits per heavy atom. The van der Waals surface area contributed by atoms with Crippen LogP contribution in [-0.4, -0.2) is 58.8 Å². The van der Waals surface area contributed by atoms with Gasteiger partial charge in [-0.1, -0.05) is 35.3 Å². The Morgan fingerprint density at radius 1 is 1.20 bits per heavy atom. The van der Waals surface area contributed by atoms with Crippen LogP contribution in [-0.2, 0) is 16.0 Å². The second-order valence-electron chi connectivity index (χ2n) is 8.08. The largest absolute Gasteiger partial charge is 0.573 e. The first-order valence-electron chi connectivity index (χ1n) is 10.3. The van der Waals surface area contributed by atoms with Gasteiger partial charge < -0.3 is 20.7 Å². The second-order valence-corrected chi connectivity index (χ2v) is 8.85. The van der Waals surface area contributed by atoms with Crippen molar-refractivity contribution in [2.45, 2.75) is 30.8 Å². The first-order chi connectivity index (χ1) is 16.4. The van der Waals surface area contributed by atoms with Crippen molar-refractivity contribution in [2.75, 3.05) is 18.0 Å². The third-order valence-electron chi connectivity index (χ3n) is 5.74. The van der Waals surface area contributed by atoms with Crippen LogP contribution in [0.15, 0.2) is 36.4 Å². The molecule has 0 unspecified atom stereocenters. The highest BCUT2D eigenvalue weighted by Gasteiger charge is 2.62. The maximum Gasteiger partial charge on any atom is 0.573 e. The van der Waals surface area contributed by atoms with Crippen LogP contribution in [0.4, 0.5) is 23.7 Å². The van der Waals surface area contributed by atoms with Crippen LogP contribution in [0, 0.1) is 0 Å². The lowest BCUT2D eigenvalue weighted by Gasteiger charge is -2.28. The van der Waals surface area contributed by atoms with E-state index in [1.165, 1.54) is 29.2 Å². The van der Waals surface area contributed by atoms with Gasteiger partial charge in [-0.3, -0.25) is 9.59 Å². The maximum absolute atomic E-state index is 13.7. The number of rotatable bonds is 6. The highest BCUT2D eigenvalue weighted by atomic mass is 35.5. The van der Waals surface area contributed by atoms with Crippen molar-refractivity contribution in [1.29, 1.82) is 0 Å². The zero-order valence-electron chi connectivity index (χ0n) is 17.8. The molecule has 0 saturated carbocycles. The Kier molecular flexibility index (Phi) is 6.56. The Hall–Kier alpha value is -3.09. The lowest BCUT2D eigenvalue weighted by atomic mass is 9.87. The van der Waals surface area contributed by atoms with E-state index in [9.17, 15) is 27.6 Å². The summed E-state index contributed by atoms with van der Waals surface area (Å²) in [5, 5.41) is 2.64. The third-order valence-corrected chi connectivity index (χ3v) is 6.12. The number of amides is 4. The Bertz CT molecular complexity index is 1160. The summed E-state index contributed by atoms with van der Waals surface area (Å²) in [6.07, 6.45) is -4.81. The molecule has 9 nitrogen and oxygen atoms in total. The molecule has 1 aromatic carbocycles. The number of pyridine rings is 1. The van der Waals surface area contributed by atoms with Crippen molar-refractivity contribution < 1.29 is 32.3 Å². The number of ether oxygens (including phenoxy) is 1. The molecule has 2 fully saturated rings. The van der Waals surface area contributed by atoms with Crippen molar-refractivity contribution in [3.8, 4) is 5.75 Å². The summed E-state index contributed by atoms with van der Waals surface area (Å²) in [7, 11) is 0. The smallest absolute Gasteiger partial charge is 0.406 e. The first kappa shape index (κ1) is 25.0. The van der Waals surface area contributed by atoms with Crippen LogP contribution in [0.25, 0.3) is 0 Å². The summed E-state index contributed by atoms with van der Waals surface area (Å²) >= 11 is 11.9. The number of fused-ring (bicyclic) bond motifs is 1. The van der Waals surface area contributed by atoms with Gasteiger partial charge in [0.1, 0.15) is 21.6 Å².